The number of aromatic nitrogens is 3. The number of aromatic amines is 1. The summed E-state index contributed by atoms with van der Waals surface area (Å²) < 4.78 is 1.42. The lowest BCUT2D eigenvalue weighted by Crippen LogP contribution is -2.27. The number of benzene rings is 1. The summed E-state index contributed by atoms with van der Waals surface area (Å²) in [6.45, 7) is 6.12. The minimum Gasteiger partial charge on any atom is -0.352 e. The van der Waals surface area contributed by atoms with Crippen molar-refractivity contribution in [1.82, 2.24) is 20.1 Å². The van der Waals surface area contributed by atoms with Gasteiger partial charge in [-0.25, -0.2) is 4.98 Å². The van der Waals surface area contributed by atoms with E-state index in [9.17, 15) is 9.59 Å². The second-order valence-electron chi connectivity index (χ2n) is 5.93. The summed E-state index contributed by atoms with van der Waals surface area (Å²) in [6, 6.07) is 9.67. The molecule has 0 unspecified atom stereocenters. The van der Waals surface area contributed by atoms with E-state index in [0.717, 1.165) is 16.1 Å². The zero-order valence-electron chi connectivity index (χ0n) is 14.4. The lowest BCUT2D eigenvalue weighted by Gasteiger charge is -2.04. The van der Waals surface area contributed by atoms with E-state index in [4.69, 9.17) is 0 Å². The molecule has 0 fully saturated rings. The zero-order chi connectivity index (χ0) is 18.0. The first-order chi connectivity index (χ1) is 12.0. The first-order valence-corrected chi connectivity index (χ1v) is 8.83. The van der Waals surface area contributed by atoms with Crippen molar-refractivity contribution in [2.75, 3.05) is 0 Å². The number of rotatable bonds is 5. The number of nitrogens with zero attached hydrogens (tertiary/aromatic N) is 2. The van der Waals surface area contributed by atoms with Crippen LogP contribution in [0.1, 0.15) is 27.4 Å². The van der Waals surface area contributed by atoms with Gasteiger partial charge in [0, 0.05) is 22.7 Å². The third-order valence-corrected chi connectivity index (χ3v) is 5.13. The van der Waals surface area contributed by atoms with E-state index < -0.39 is 0 Å². The second kappa shape index (κ2) is 7.06. The van der Waals surface area contributed by atoms with Crippen molar-refractivity contribution in [3.8, 4) is 5.13 Å². The van der Waals surface area contributed by atoms with E-state index in [1.165, 1.54) is 16.0 Å². The van der Waals surface area contributed by atoms with Crippen LogP contribution in [0.15, 0.2) is 35.1 Å². The van der Waals surface area contributed by atoms with Crippen LogP contribution in [0.2, 0.25) is 0 Å². The molecular formula is C18H20N4O2S. The van der Waals surface area contributed by atoms with E-state index >= 15 is 0 Å². The molecule has 7 heteroatoms. The van der Waals surface area contributed by atoms with Crippen LogP contribution in [0.4, 0.5) is 0 Å². The minimum atomic E-state index is -0.221. The molecule has 2 aromatic heterocycles. The Morgan fingerprint density at radius 3 is 2.60 bits per heavy atom. The van der Waals surface area contributed by atoms with Gasteiger partial charge in [0.2, 0.25) is 11.0 Å². The number of carbonyl (C=O) groups excluding carboxylic acids is 1. The van der Waals surface area contributed by atoms with Gasteiger partial charge in [0.15, 0.2) is 0 Å². The zero-order valence-corrected chi connectivity index (χ0v) is 15.2. The van der Waals surface area contributed by atoms with Gasteiger partial charge in [-0.15, -0.1) is 0 Å². The van der Waals surface area contributed by atoms with Crippen LogP contribution >= 0.6 is 11.3 Å². The number of hydrogen-bond donors (Lipinski definition) is 2. The Hall–Kier alpha value is -2.67. The van der Waals surface area contributed by atoms with Gasteiger partial charge in [0.25, 0.3) is 5.56 Å². The van der Waals surface area contributed by atoms with Crippen LogP contribution in [-0.4, -0.2) is 20.7 Å². The van der Waals surface area contributed by atoms with Crippen molar-refractivity contribution < 1.29 is 4.79 Å². The molecule has 2 heterocycles. The summed E-state index contributed by atoms with van der Waals surface area (Å²) in [6.07, 6.45) is 0.0460. The van der Waals surface area contributed by atoms with Gasteiger partial charge >= 0.3 is 0 Å². The highest BCUT2D eigenvalue weighted by Gasteiger charge is 2.17. The number of carbonyl (C=O) groups is 1. The van der Waals surface area contributed by atoms with Crippen LogP contribution < -0.4 is 10.9 Å². The monoisotopic (exact) mass is 356 g/mol. The molecule has 3 aromatic rings. The Morgan fingerprint density at radius 2 is 1.96 bits per heavy atom. The summed E-state index contributed by atoms with van der Waals surface area (Å²) >= 11 is 1.45. The predicted molar refractivity (Wildman–Crippen MR) is 98.3 cm³/mol. The Morgan fingerprint density at radius 1 is 1.24 bits per heavy atom. The van der Waals surface area contributed by atoms with Crippen molar-refractivity contribution >= 4 is 17.2 Å². The largest absolute Gasteiger partial charge is 0.352 e. The van der Waals surface area contributed by atoms with Crippen LogP contribution in [0.5, 0.6) is 0 Å². The van der Waals surface area contributed by atoms with Crippen LogP contribution in [0.25, 0.3) is 5.13 Å². The molecule has 0 saturated carbocycles. The quantitative estimate of drug-likeness (QED) is 0.737. The molecule has 1 amide bonds. The van der Waals surface area contributed by atoms with Gasteiger partial charge in [-0.3, -0.25) is 14.7 Å². The molecule has 25 heavy (non-hydrogen) atoms. The molecule has 0 aliphatic carbocycles. The fourth-order valence-electron chi connectivity index (χ4n) is 2.50. The molecule has 0 radical (unpaired) electrons. The lowest BCUT2D eigenvalue weighted by atomic mass is 10.1. The topological polar surface area (TPSA) is 79.8 Å². The third kappa shape index (κ3) is 3.71. The first-order valence-electron chi connectivity index (χ1n) is 8.01. The molecule has 0 aliphatic heterocycles. The summed E-state index contributed by atoms with van der Waals surface area (Å²) in [4.78, 5) is 30.3. The molecule has 6 nitrogen and oxygen atoms in total. The average molecular weight is 356 g/mol. The Labute approximate surface area is 149 Å². The summed E-state index contributed by atoms with van der Waals surface area (Å²) in [5, 5.41) is 6.47. The van der Waals surface area contributed by atoms with Crippen molar-refractivity contribution in [3.05, 3.63) is 68.1 Å². The second-order valence-corrected chi connectivity index (χ2v) is 7.11. The molecule has 0 aliphatic rings. The maximum absolute atomic E-state index is 12.6. The molecule has 0 saturated heterocycles. The van der Waals surface area contributed by atoms with Crippen molar-refractivity contribution in [3.63, 3.8) is 0 Å². The molecule has 130 valence electrons. The van der Waals surface area contributed by atoms with E-state index in [-0.39, 0.29) is 17.9 Å². The molecule has 2 N–H and O–H groups in total. The number of hydrogen-bond acceptors (Lipinski definition) is 4. The van der Waals surface area contributed by atoms with Crippen molar-refractivity contribution in [2.45, 2.75) is 33.7 Å². The molecule has 3 rings (SSSR count). The Kier molecular flexibility index (Phi) is 4.85. The Bertz CT molecular complexity index is 934. The smallest absolute Gasteiger partial charge is 0.277 e. The van der Waals surface area contributed by atoms with E-state index in [2.05, 4.69) is 15.4 Å². The van der Waals surface area contributed by atoms with Gasteiger partial charge < -0.3 is 5.32 Å². The standard InChI is InChI=1S/C18H20N4O2S/c1-11-13(3)25-18(20-11)22-17(24)15(12(2)21-22)9-16(23)19-10-14-7-5-4-6-8-14/h4-8,21H,9-10H2,1-3H3,(H,19,23). The summed E-state index contributed by atoms with van der Waals surface area (Å²) in [5.74, 6) is -0.179. The van der Waals surface area contributed by atoms with Crippen LogP contribution in [0, 0.1) is 20.8 Å². The van der Waals surface area contributed by atoms with Crippen molar-refractivity contribution in [1.29, 1.82) is 0 Å². The van der Waals surface area contributed by atoms with Crippen molar-refractivity contribution in [2.24, 2.45) is 0 Å². The maximum Gasteiger partial charge on any atom is 0.277 e. The molecule has 0 bridgehead atoms. The minimum absolute atomic E-state index is 0.0460. The summed E-state index contributed by atoms with van der Waals surface area (Å²) in [5.41, 5.74) is 2.86. The van der Waals surface area contributed by atoms with Crippen LogP contribution in [0.3, 0.4) is 0 Å². The van der Waals surface area contributed by atoms with Gasteiger partial charge in [-0.05, 0) is 26.3 Å². The SMILES string of the molecule is Cc1nc(-n2[nH]c(C)c(CC(=O)NCc3ccccc3)c2=O)sc1C. The molecular weight excluding hydrogens is 336 g/mol. The molecule has 0 atom stereocenters. The van der Waals surface area contributed by atoms with Gasteiger partial charge in [0.05, 0.1) is 12.1 Å². The Balaban J connectivity index is 1.74. The number of amides is 1. The number of H-pyrrole nitrogens is 1. The fourth-order valence-corrected chi connectivity index (χ4v) is 3.36. The molecule has 0 spiro atoms. The van der Waals surface area contributed by atoms with Gasteiger partial charge in [-0.1, -0.05) is 41.7 Å². The van der Waals surface area contributed by atoms with Gasteiger partial charge in [0.1, 0.15) is 0 Å². The van der Waals surface area contributed by atoms with E-state index in [0.29, 0.717) is 22.9 Å². The predicted octanol–water partition coefficient (Wildman–Crippen LogP) is 2.41. The normalized spacial score (nSPS) is 10.8. The van der Waals surface area contributed by atoms with E-state index in [1.807, 2.05) is 44.2 Å². The lowest BCUT2D eigenvalue weighted by molar-refractivity contribution is -0.120. The average Bonchev–Trinajstić information content (AvgIpc) is 3.07. The first kappa shape index (κ1) is 17.2. The fraction of sp³-hybridized carbons (Fsp3) is 0.278. The summed E-state index contributed by atoms with van der Waals surface area (Å²) in [7, 11) is 0. The third-order valence-electron chi connectivity index (χ3n) is 4.07. The van der Waals surface area contributed by atoms with Gasteiger partial charge in [-0.2, -0.15) is 4.68 Å². The maximum atomic E-state index is 12.6. The van der Waals surface area contributed by atoms with Crippen LogP contribution in [-0.2, 0) is 17.8 Å². The highest BCUT2D eigenvalue weighted by molar-refractivity contribution is 7.14. The molecule has 1 aromatic carbocycles. The number of thiazole rings is 1. The highest BCUT2D eigenvalue weighted by Crippen LogP contribution is 2.19. The number of aryl methyl sites for hydroxylation is 3. The number of nitrogens with one attached hydrogen (secondary N) is 2. The highest BCUT2D eigenvalue weighted by atomic mass is 32.1. The van der Waals surface area contributed by atoms with E-state index in [1.54, 1.807) is 6.92 Å².